The zero-order valence-corrected chi connectivity index (χ0v) is 12.6. The molecule has 4 nitrogen and oxygen atoms in total. The lowest BCUT2D eigenvalue weighted by atomic mass is 10.3. The number of aromatic nitrogens is 2. The van der Waals surface area contributed by atoms with Gasteiger partial charge in [0.1, 0.15) is 0 Å². The van der Waals surface area contributed by atoms with Crippen LogP contribution in [-0.2, 0) is 4.74 Å². The van der Waals surface area contributed by atoms with Crippen LogP contribution in [0.4, 0.5) is 5.95 Å². The van der Waals surface area contributed by atoms with Crippen molar-refractivity contribution in [2.75, 3.05) is 42.8 Å². The number of imidazole rings is 1. The van der Waals surface area contributed by atoms with Crippen LogP contribution in [0.2, 0.25) is 0 Å². The molecule has 2 unspecified atom stereocenters. The first kappa shape index (κ1) is 14.1. The van der Waals surface area contributed by atoms with Crippen molar-refractivity contribution in [1.29, 1.82) is 0 Å². The number of ether oxygens (including phenoxy) is 1. The summed E-state index contributed by atoms with van der Waals surface area (Å²) < 4.78 is 7.34. The van der Waals surface area contributed by atoms with E-state index in [1.165, 1.54) is 17.3 Å². The van der Waals surface area contributed by atoms with Crippen LogP contribution in [-0.4, -0.2) is 52.3 Å². The summed E-state index contributed by atoms with van der Waals surface area (Å²) in [5.41, 5.74) is 0. The Balaban J connectivity index is 1.86. The van der Waals surface area contributed by atoms with Gasteiger partial charge in [-0.25, -0.2) is 4.98 Å². The number of anilines is 1. The van der Waals surface area contributed by atoms with Gasteiger partial charge in [0.2, 0.25) is 5.95 Å². The Morgan fingerprint density at radius 1 is 1.61 bits per heavy atom. The molecule has 6 heteroatoms. The number of nitrogens with one attached hydrogen (secondary N) is 1. The number of thioether (sulfide) groups is 2. The highest BCUT2D eigenvalue weighted by atomic mass is 32.2. The molecule has 2 rings (SSSR count). The topological polar surface area (TPSA) is 39.1 Å². The van der Waals surface area contributed by atoms with Crippen LogP contribution in [0, 0.1) is 0 Å². The van der Waals surface area contributed by atoms with E-state index in [-0.39, 0.29) is 0 Å². The minimum absolute atomic E-state index is 0.313. The van der Waals surface area contributed by atoms with Gasteiger partial charge in [0.05, 0.1) is 12.6 Å². The van der Waals surface area contributed by atoms with Gasteiger partial charge >= 0.3 is 0 Å². The Kier molecular flexibility index (Phi) is 5.72. The average molecular weight is 287 g/mol. The van der Waals surface area contributed by atoms with Crippen LogP contribution in [0.5, 0.6) is 0 Å². The summed E-state index contributed by atoms with van der Waals surface area (Å²) in [6.45, 7) is 3.84. The molecule has 1 fully saturated rings. The van der Waals surface area contributed by atoms with Gasteiger partial charge in [-0.1, -0.05) is 0 Å². The minimum Gasteiger partial charge on any atom is -0.383 e. The maximum absolute atomic E-state index is 5.19. The van der Waals surface area contributed by atoms with Crippen LogP contribution in [0.1, 0.15) is 13.0 Å². The van der Waals surface area contributed by atoms with Crippen molar-refractivity contribution in [2.45, 2.75) is 18.2 Å². The highest BCUT2D eigenvalue weighted by Gasteiger charge is 2.15. The molecule has 1 aromatic heterocycles. The Morgan fingerprint density at radius 2 is 2.50 bits per heavy atom. The smallest absolute Gasteiger partial charge is 0.203 e. The molecule has 1 saturated heterocycles. The van der Waals surface area contributed by atoms with E-state index in [1.54, 1.807) is 7.11 Å². The Bertz CT molecular complexity index is 353. The monoisotopic (exact) mass is 287 g/mol. The van der Waals surface area contributed by atoms with Gasteiger partial charge in [-0.15, -0.1) is 0 Å². The summed E-state index contributed by atoms with van der Waals surface area (Å²) in [7, 11) is 1.73. The van der Waals surface area contributed by atoms with E-state index in [1.807, 2.05) is 12.4 Å². The molecule has 102 valence electrons. The fourth-order valence-corrected chi connectivity index (χ4v) is 4.60. The summed E-state index contributed by atoms with van der Waals surface area (Å²) in [4.78, 5) is 4.38. The Hall–Kier alpha value is -0.330. The van der Waals surface area contributed by atoms with Crippen molar-refractivity contribution in [1.82, 2.24) is 9.55 Å². The minimum atomic E-state index is 0.313. The Labute approximate surface area is 117 Å². The van der Waals surface area contributed by atoms with Crippen LogP contribution >= 0.6 is 23.5 Å². The summed E-state index contributed by atoms with van der Waals surface area (Å²) >= 11 is 4.12. The number of rotatable bonds is 6. The van der Waals surface area contributed by atoms with E-state index in [9.17, 15) is 0 Å². The van der Waals surface area contributed by atoms with Gasteiger partial charge < -0.3 is 14.6 Å². The van der Waals surface area contributed by atoms with Crippen molar-refractivity contribution < 1.29 is 4.74 Å². The molecular weight excluding hydrogens is 266 g/mol. The lowest BCUT2D eigenvalue weighted by Gasteiger charge is -2.22. The molecule has 0 spiro atoms. The van der Waals surface area contributed by atoms with Crippen molar-refractivity contribution in [2.24, 2.45) is 0 Å². The molecule has 2 heterocycles. The largest absolute Gasteiger partial charge is 0.383 e. The molecule has 0 saturated carbocycles. The van der Waals surface area contributed by atoms with Gasteiger partial charge in [0.25, 0.3) is 0 Å². The van der Waals surface area contributed by atoms with Gasteiger partial charge in [0, 0.05) is 48.6 Å². The van der Waals surface area contributed by atoms with E-state index in [0.29, 0.717) is 17.9 Å². The van der Waals surface area contributed by atoms with E-state index in [4.69, 9.17) is 4.74 Å². The number of nitrogens with zero attached hydrogens (tertiary/aromatic N) is 2. The van der Waals surface area contributed by atoms with Gasteiger partial charge in [-0.3, -0.25) is 0 Å². The number of hydrogen-bond donors (Lipinski definition) is 1. The quantitative estimate of drug-likeness (QED) is 0.869. The van der Waals surface area contributed by atoms with E-state index in [0.717, 1.165) is 12.5 Å². The maximum atomic E-state index is 5.19. The highest BCUT2D eigenvalue weighted by Crippen LogP contribution is 2.24. The van der Waals surface area contributed by atoms with Gasteiger partial charge in [0.15, 0.2) is 0 Å². The van der Waals surface area contributed by atoms with Crippen molar-refractivity contribution in [3.8, 4) is 0 Å². The highest BCUT2D eigenvalue weighted by molar-refractivity contribution is 8.06. The molecule has 1 aliphatic heterocycles. The molecule has 2 atom stereocenters. The second kappa shape index (κ2) is 7.31. The standard InChI is InChI=1S/C12H21N3OS2/c1-10(8-16-2)15-4-3-13-12(15)14-7-11-9-17-5-6-18-11/h3-4,10-11H,5-9H2,1-2H3,(H,13,14). The molecule has 1 aromatic rings. The summed E-state index contributed by atoms with van der Waals surface area (Å²) in [5, 5.41) is 4.17. The first-order valence-corrected chi connectivity index (χ1v) is 8.46. The second-order valence-corrected chi connectivity index (χ2v) is 6.97. The first-order valence-electron chi connectivity index (χ1n) is 6.26. The van der Waals surface area contributed by atoms with Gasteiger partial charge in [-0.2, -0.15) is 23.5 Å². The predicted octanol–water partition coefficient (Wildman–Crippen LogP) is 2.35. The van der Waals surface area contributed by atoms with Crippen LogP contribution in [0.3, 0.4) is 0 Å². The van der Waals surface area contributed by atoms with Crippen molar-refractivity contribution in [3.05, 3.63) is 12.4 Å². The molecule has 18 heavy (non-hydrogen) atoms. The van der Waals surface area contributed by atoms with E-state index >= 15 is 0 Å². The fraction of sp³-hybridized carbons (Fsp3) is 0.750. The summed E-state index contributed by atoms with van der Waals surface area (Å²) in [6.07, 6.45) is 3.85. The van der Waals surface area contributed by atoms with Crippen LogP contribution in [0.15, 0.2) is 12.4 Å². The van der Waals surface area contributed by atoms with Crippen LogP contribution in [0.25, 0.3) is 0 Å². The lowest BCUT2D eigenvalue weighted by molar-refractivity contribution is 0.163. The molecular formula is C12H21N3OS2. The predicted molar refractivity (Wildman–Crippen MR) is 80.9 cm³/mol. The molecule has 0 amide bonds. The lowest BCUT2D eigenvalue weighted by Crippen LogP contribution is -2.25. The third-order valence-electron chi connectivity index (χ3n) is 2.92. The molecule has 0 aromatic carbocycles. The zero-order chi connectivity index (χ0) is 12.8. The van der Waals surface area contributed by atoms with Gasteiger partial charge in [-0.05, 0) is 6.92 Å². The zero-order valence-electron chi connectivity index (χ0n) is 11.0. The summed E-state index contributed by atoms with van der Waals surface area (Å²) in [6, 6.07) is 0.313. The first-order chi connectivity index (χ1) is 8.81. The average Bonchev–Trinajstić information content (AvgIpc) is 2.86. The summed E-state index contributed by atoms with van der Waals surface area (Å²) in [5.74, 6) is 4.76. The number of hydrogen-bond acceptors (Lipinski definition) is 5. The van der Waals surface area contributed by atoms with Crippen molar-refractivity contribution >= 4 is 29.5 Å². The Morgan fingerprint density at radius 3 is 3.22 bits per heavy atom. The molecule has 1 N–H and O–H groups in total. The van der Waals surface area contributed by atoms with E-state index in [2.05, 4.69) is 45.3 Å². The number of methoxy groups -OCH3 is 1. The maximum Gasteiger partial charge on any atom is 0.203 e. The molecule has 0 bridgehead atoms. The van der Waals surface area contributed by atoms with Crippen molar-refractivity contribution in [3.63, 3.8) is 0 Å². The molecule has 0 aliphatic carbocycles. The molecule has 0 radical (unpaired) electrons. The molecule has 1 aliphatic rings. The SMILES string of the molecule is COCC(C)n1ccnc1NCC1CSCCS1. The van der Waals surface area contributed by atoms with Crippen LogP contribution < -0.4 is 5.32 Å². The third kappa shape index (κ3) is 3.83. The normalized spacial score (nSPS) is 21.8. The third-order valence-corrected chi connectivity index (χ3v) is 5.77. The fourth-order valence-electron chi connectivity index (χ4n) is 1.99. The van der Waals surface area contributed by atoms with E-state index < -0.39 is 0 Å². The second-order valence-electron chi connectivity index (χ2n) is 4.41.